The van der Waals surface area contributed by atoms with E-state index in [-0.39, 0.29) is 11.9 Å². The first-order valence-electron chi connectivity index (χ1n) is 12.0. The van der Waals surface area contributed by atoms with E-state index in [9.17, 15) is 20.0 Å². The summed E-state index contributed by atoms with van der Waals surface area (Å²) in [5, 5.41) is 25.8. The molecule has 0 aromatic heterocycles. The van der Waals surface area contributed by atoms with Crippen LogP contribution in [0.1, 0.15) is 68.7 Å². The van der Waals surface area contributed by atoms with Crippen molar-refractivity contribution in [1.82, 2.24) is 10.6 Å². The minimum absolute atomic E-state index is 0.0185. The van der Waals surface area contributed by atoms with E-state index in [4.69, 9.17) is 18.9 Å². The van der Waals surface area contributed by atoms with Gasteiger partial charge < -0.3 is 24.1 Å². The van der Waals surface area contributed by atoms with Crippen LogP contribution in [0, 0.1) is 23.2 Å². The summed E-state index contributed by atoms with van der Waals surface area (Å²) in [6.45, 7) is 19.4. The third-order valence-electron chi connectivity index (χ3n) is 5.75. The van der Waals surface area contributed by atoms with Gasteiger partial charge in [0, 0.05) is 5.92 Å². The van der Waals surface area contributed by atoms with Gasteiger partial charge in [0.1, 0.15) is 22.8 Å². The summed E-state index contributed by atoms with van der Waals surface area (Å²) in [7, 11) is 0. The lowest BCUT2D eigenvalue weighted by Crippen LogP contribution is -2.64. The van der Waals surface area contributed by atoms with Gasteiger partial charge in [-0.3, -0.25) is 10.6 Å². The first kappa shape index (κ1) is 29.5. The zero-order chi connectivity index (χ0) is 27.7. The molecule has 2 rings (SSSR count). The topological polar surface area (TPSA) is 152 Å². The normalized spacial score (nSPS) is 30.1. The molecule has 0 unspecified atom stereocenters. The number of nitriles is 1. The van der Waals surface area contributed by atoms with Gasteiger partial charge in [-0.2, -0.15) is 5.26 Å². The summed E-state index contributed by atoms with van der Waals surface area (Å²) in [6.07, 6.45) is -2.88. The molecule has 0 aromatic rings. The molecular weight excluding hydrogens is 468 g/mol. The molecule has 202 valence electrons. The average Bonchev–Trinajstić information content (AvgIpc) is 3.02. The van der Waals surface area contributed by atoms with E-state index < -0.39 is 58.9 Å². The lowest BCUT2D eigenvalue weighted by Gasteiger charge is -2.48. The highest BCUT2D eigenvalue weighted by Gasteiger charge is 2.64. The molecule has 36 heavy (non-hydrogen) atoms. The van der Waals surface area contributed by atoms with Crippen LogP contribution >= 0.6 is 0 Å². The molecule has 2 aliphatic rings. The van der Waals surface area contributed by atoms with Crippen LogP contribution in [-0.2, 0) is 18.9 Å². The van der Waals surface area contributed by atoms with Gasteiger partial charge in [0.2, 0.25) is 5.96 Å². The number of guanidine groups is 1. The molecule has 1 heterocycles. The summed E-state index contributed by atoms with van der Waals surface area (Å²) in [4.78, 5) is 29.9. The molecule has 11 nitrogen and oxygen atoms in total. The molecule has 1 saturated carbocycles. The van der Waals surface area contributed by atoms with Gasteiger partial charge in [-0.25, -0.2) is 14.6 Å². The number of aliphatic hydroxyl groups is 1. The second kappa shape index (κ2) is 10.4. The van der Waals surface area contributed by atoms with Crippen LogP contribution in [0.3, 0.4) is 0 Å². The molecule has 0 radical (unpaired) electrons. The van der Waals surface area contributed by atoms with Crippen molar-refractivity contribution in [3.63, 3.8) is 0 Å². The largest absolute Gasteiger partial charge is 0.444 e. The minimum Gasteiger partial charge on any atom is -0.444 e. The van der Waals surface area contributed by atoms with E-state index in [2.05, 4.69) is 22.2 Å². The Morgan fingerprint density at radius 2 is 1.64 bits per heavy atom. The quantitative estimate of drug-likeness (QED) is 0.227. The highest BCUT2D eigenvalue weighted by atomic mass is 16.8. The van der Waals surface area contributed by atoms with Crippen LogP contribution in [0.4, 0.5) is 9.59 Å². The Labute approximate surface area is 213 Å². The smallest absolute Gasteiger partial charge is 0.414 e. The number of nitrogens with zero attached hydrogens (tertiary/aromatic N) is 2. The first-order valence-corrected chi connectivity index (χ1v) is 12.0. The Hall–Kier alpha value is -2.68. The van der Waals surface area contributed by atoms with Crippen molar-refractivity contribution >= 4 is 18.1 Å². The van der Waals surface area contributed by atoms with Crippen molar-refractivity contribution in [3.05, 3.63) is 12.7 Å². The molecular formula is C25H40N4O7. The molecule has 0 bridgehead atoms. The van der Waals surface area contributed by atoms with E-state index in [1.807, 2.05) is 13.0 Å². The molecule has 1 saturated heterocycles. The third-order valence-corrected chi connectivity index (χ3v) is 5.75. The number of rotatable bonds is 3. The maximum absolute atomic E-state index is 12.6. The van der Waals surface area contributed by atoms with Crippen molar-refractivity contribution < 1.29 is 33.6 Å². The van der Waals surface area contributed by atoms with Gasteiger partial charge in [0.05, 0.1) is 12.2 Å². The summed E-state index contributed by atoms with van der Waals surface area (Å²) in [5.41, 5.74) is -3.36. The Balaban J connectivity index is 2.66. The second-order valence-electron chi connectivity index (χ2n) is 11.7. The van der Waals surface area contributed by atoms with E-state index in [0.29, 0.717) is 6.42 Å². The molecule has 2 fully saturated rings. The maximum atomic E-state index is 12.6. The number of nitrogens with one attached hydrogen (secondary N) is 2. The van der Waals surface area contributed by atoms with Crippen molar-refractivity contribution in [3.8, 4) is 6.07 Å². The number of aliphatic hydroxyl groups excluding tert-OH is 1. The molecule has 1 aliphatic heterocycles. The summed E-state index contributed by atoms with van der Waals surface area (Å²) in [5.74, 6) is -1.99. The number of carbonyl (C=O) groups excluding carboxylic acids is 2. The van der Waals surface area contributed by atoms with E-state index in [1.54, 1.807) is 61.5 Å². The van der Waals surface area contributed by atoms with Gasteiger partial charge in [0.25, 0.3) is 0 Å². The van der Waals surface area contributed by atoms with Gasteiger partial charge in [-0.15, -0.1) is 6.58 Å². The molecule has 2 amide bonds. The fourth-order valence-corrected chi connectivity index (χ4v) is 4.53. The highest BCUT2D eigenvalue weighted by molar-refractivity contribution is 6.01. The van der Waals surface area contributed by atoms with Crippen LogP contribution in [0.5, 0.6) is 0 Å². The van der Waals surface area contributed by atoms with Crippen molar-refractivity contribution in [2.24, 2.45) is 16.8 Å². The van der Waals surface area contributed by atoms with E-state index in [1.165, 1.54) is 0 Å². The van der Waals surface area contributed by atoms with Crippen LogP contribution in [0.2, 0.25) is 0 Å². The van der Waals surface area contributed by atoms with Gasteiger partial charge in [-0.05, 0) is 67.7 Å². The standard InChI is InChI=1S/C25H40N4O7/c1-11-15-12-14(2)17-18(34-24(9,10)33-17)25(15,16(30)13-26)29-19(27-20(31)35-22(3,4)5)28-21(32)36-23(6,7)8/h11,14-18,30H,1,12H2,2-10H3,(H2,27,28,29,31,32)/t14-,15+,16+,17-,18-,25+/m1/s1. The maximum Gasteiger partial charge on any atom is 0.414 e. The molecule has 6 atom stereocenters. The molecule has 11 heteroatoms. The Morgan fingerprint density at radius 3 is 2.06 bits per heavy atom. The number of carbonyl (C=O) groups is 2. The fourth-order valence-electron chi connectivity index (χ4n) is 4.53. The number of amides is 2. The monoisotopic (exact) mass is 508 g/mol. The number of hydrogen-bond acceptors (Lipinski definition) is 9. The predicted molar refractivity (Wildman–Crippen MR) is 132 cm³/mol. The summed E-state index contributed by atoms with van der Waals surface area (Å²) < 4.78 is 22.9. The molecule has 1 aliphatic carbocycles. The van der Waals surface area contributed by atoms with Crippen LogP contribution in [-0.4, -0.2) is 64.1 Å². The summed E-state index contributed by atoms with van der Waals surface area (Å²) >= 11 is 0. The zero-order valence-corrected chi connectivity index (χ0v) is 22.7. The van der Waals surface area contributed by atoms with Crippen molar-refractivity contribution in [1.29, 1.82) is 5.26 Å². The minimum atomic E-state index is -1.70. The Morgan fingerprint density at radius 1 is 1.14 bits per heavy atom. The Kier molecular flexibility index (Phi) is 8.50. The lowest BCUT2D eigenvalue weighted by atomic mass is 9.64. The zero-order valence-electron chi connectivity index (χ0n) is 22.7. The number of aliphatic imine (C=N–C) groups is 1. The fraction of sp³-hybridized carbons (Fsp3) is 0.760. The second-order valence-corrected chi connectivity index (χ2v) is 11.7. The van der Waals surface area contributed by atoms with E-state index >= 15 is 0 Å². The van der Waals surface area contributed by atoms with Crippen LogP contribution in [0.25, 0.3) is 0 Å². The summed E-state index contributed by atoms with van der Waals surface area (Å²) in [6, 6.07) is 1.86. The van der Waals surface area contributed by atoms with Crippen LogP contribution < -0.4 is 10.6 Å². The lowest BCUT2D eigenvalue weighted by molar-refractivity contribution is -0.155. The van der Waals surface area contributed by atoms with Gasteiger partial charge in [0.15, 0.2) is 11.9 Å². The average molecular weight is 509 g/mol. The van der Waals surface area contributed by atoms with Gasteiger partial charge in [-0.1, -0.05) is 13.0 Å². The van der Waals surface area contributed by atoms with Gasteiger partial charge >= 0.3 is 12.2 Å². The number of ether oxygens (including phenoxy) is 4. The number of hydrogen-bond donors (Lipinski definition) is 3. The highest BCUT2D eigenvalue weighted by Crippen LogP contribution is 2.50. The Bertz CT molecular complexity index is 896. The number of fused-ring (bicyclic) bond motifs is 1. The number of alkyl carbamates (subject to hydrolysis) is 2. The van der Waals surface area contributed by atoms with Crippen molar-refractivity contribution in [2.75, 3.05) is 0 Å². The van der Waals surface area contributed by atoms with E-state index in [0.717, 1.165) is 0 Å². The predicted octanol–water partition coefficient (Wildman–Crippen LogP) is 3.38. The van der Waals surface area contributed by atoms with Crippen molar-refractivity contribution in [2.45, 2.75) is 110 Å². The SMILES string of the molecule is C=C[C@H]1C[C@@H](C)[C@H]2OC(C)(C)O[C@H]2[C@@]1(N=C(NC(=O)OC(C)(C)C)NC(=O)OC(C)(C)C)[C@@H](O)C#N. The third kappa shape index (κ3) is 6.96. The molecule has 0 spiro atoms. The molecule has 3 N–H and O–H groups in total. The first-order chi connectivity index (χ1) is 16.3. The van der Waals surface area contributed by atoms with Crippen LogP contribution in [0.15, 0.2) is 17.6 Å². The molecule has 0 aromatic carbocycles.